The summed E-state index contributed by atoms with van der Waals surface area (Å²) in [5.41, 5.74) is 0. The smallest absolute Gasteiger partial charge is 0.00772 e. The summed E-state index contributed by atoms with van der Waals surface area (Å²) in [5, 5.41) is 6.44. The molecule has 0 unspecified atom stereocenters. The Kier molecular flexibility index (Phi) is 4.50. The fraction of sp³-hybridized carbons (Fsp3) is 1.00. The fourth-order valence-corrected chi connectivity index (χ4v) is 0.604. The first-order valence-corrected chi connectivity index (χ1v) is 2.41. The number of rotatable bonds is 0. The molecule has 0 aromatic heterocycles. The van der Waals surface area contributed by atoms with Crippen LogP contribution in [-0.4, -0.2) is 26.2 Å². The zero-order valence-corrected chi connectivity index (χ0v) is 5.05. The number of halogens is 1. The Morgan fingerprint density at radius 1 is 0.714 bits per heavy atom. The average molecular weight is 123 g/mol. The maximum Gasteiger partial charge on any atom is 0.00772 e. The van der Waals surface area contributed by atoms with Crippen molar-refractivity contribution in [3.05, 3.63) is 0 Å². The van der Waals surface area contributed by atoms with E-state index in [0.717, 1.165) is 26.2 Å². The second-order valence-electron chi connectivity index (χ2n) is 1.50. The first kappa shape index (κ1) is 7.21. The van der Waals surface area contributed by atoms with Gasteiger partial charge in [-0.1, -0.05) is 0 Å². The fourth-order valence-electron chi connectivity index (χ4n) is 0.604. The highest BCUT2D eigenvalue weighted by Gasteiger charge is 1.91. The molecule has 0 bridgehead atoms. The lowest BCUT2D eigenvalue weighted by atomic mass is 10.4. The topological polar surface area (TPSA) is 24.1 Å². The first-order chi connectivity index (χ1) is 3.00. The van der Waals surface area contributed by atoms with Gasteiger partial charge in [0.15, 0.2) is 0 Å². The van der Waals surface area contributed by atoms with E-state index >= 15 is 0 Å². The van der Waals surface area contributed by atoms with Gasteiger partial charge in [0.25, 0.3) is 0 Å². The minimum absolute atomic E-state index is 0. The van der Waals surface area contributed by atoms with E-state index in [9.17, 15) is 0 Å². The lowest BCUT2D eigenvalue weighted by Gasteiger charge is -2.11. The molecule has 0 radical (unpaired) electrons. The van der Waals surface area contributed by atoms with Crippen molar-refractivity contribution in [2.45, 2.75) is 0 Å². The summed E-state index contributed by atoms with van der Waals surface area (Å²) in [7, 11) is 0. The van der Waals surface area contributed by atoms with E-state index in [2.05, 4.69) is 10.6 Å². The van der Waals surface area contributed by atoms with Gasteiger partial charge in [-0.25, -0.2) is 0 Å². The molecule has 1 heterocycles. The molecule has 1 fully saturated rings. The van der Waals surface area contributed by atoms with Crippen molar-refractivity contribution in [3.63, 3.8) is 0 Å². The predicted molar refractivity (Wildman–Crippen MR) is 33.0 cm³/mol. The van der Waals surface area contributed by atoms with E-state index in [0.29, 0.717) is 0 Å². The molecule has 7 heavy (non-hydrogen) atoms. The van der Waals surface area contributed by atoms with E-state index in [4.69, 9.17) is 0 Å². The van der Waals surface area contributed by atoms with Gasteiger partial charge in [-0.3, -0.25) is 0 Å². The SMILES string of the molecule is C1CNCCN1.Cl. The number of hydrogen-bond donors (Lipinski definition) is 2. The van der Waals surface area contributed by atoms with Crippen molar-refractivity contribution in [1.82, 2.24) is 10.6 Å². The zero-order valence-electron chi connectivity index (χ0n) is 4.24. The molecule has 3 heteroatoms. The molecule has 0 aromatic rings. The van der Waals surface area contributed by atoms with Crippen molar-refractivity contribution >= 4 is 12.4 Å². The van der Waals surface area contributed by atoms with Crippen LogP contribution in [0.5, 0.6) is 0 Å². The van der Waals surface area contributed by atoms with Crippen molar-refractivity contribution in [2.24, 2.45) is 0 Å². The number of nitrogens with one attached hydrogen (secondary N) is 2. The third-order valence-corrected chi connectivity index (χ3v) is 0.957. The molecule has 1 aliphatic heterocycles. The molecule has 0 amide bonds. The predicted octanol–water partition coefficient (Wildman–Crippen LogP) is -0.399. The maximum absolute atomic E-state index is 3.22. The van der Waals surface area contributed by atoms with E-state index in [1.54, 1.807) is 0 Å². The Morgan fingerprint density at radius 3 is 1.14 bits per heavy atom. The van der Waals surface area contributed by atoms with Crippen LogP contribution in [0.15, 0.2) is 0 Å². The van der Waals surface area contributed by atoms with Crippen LogP contribution in [0, 0.1) is 0 Å². The van der Waals surface area contributed by atoms with Gasteiger partial charge in [-0.2, -0.15) is 0 Å². The largest absolute Gasteiger partial charge is 0.314 e. The maximum atomic E-state index is 3.22. The summed E-state index contributed by atoms with van der Waals surface area (Å²) in [6, 6.07) is 0. The third kappa shape index (κ3) is 2.85. The van der Waals surface area contributed by atoms with Crippen molar-refractivity contribution in [3.8, 4) is 0 Å². The minimum atomic E-state index is 0. The van der Waals surface area contributed by atoms with Gasteiger partial charge in [-0.15, -0.1) is 12.4 Å². The molecular formula is C4H11ClN2. The van der Waals surface area contributed by atoms with Crippen LogP contribution in [-0.2, 0) is 0 Å². The normalized spacial score (nSPS) is 20.6. The Bertz CT molecular complexity index is 25.2. The monoisotopic (exact) mass is 122 g/mol. The molecule has 0 atom stereocenters. The molecule has 0 saturated carbocycles. The lowest BCUT2D eigenvalue weighted by molar-refractivity contribution is 0.534. The highest BCUT2D eigenvalue weighted by molar-refractivity contribution is 5.85. The quantitative estimate of drug-likeness (QED) is 0.457. The summed E-state index contributed by atoms with van der Waals surface area (Å²) in [4.78, 5) is 0. The summed E-state index contributed by atoms with van der Waals surface area (Å²) in [5.74, 6) is 0. The van der Waals surface area contributed by atoms with Crippen molar-refractivity contribution in [1.29, 1.82) is 0 Å². The molecular weight excluding hydrogens is 112 g/mol. The molecule has 1 rings (SSSR count). The van der Waals surface area contributed by atoms with Crippen LogP contribution < -0.4 is 10.6 Å². The Morgan fingerprint density at radius 2 is 1.00 bits per heavy atom. The average Bonchev–Trinajstić information content (AvgIpc) is 1.72. The standard InChI is InChI=1S/C4H10N2.ClH/c1-2-6-4-3-5-1;/h5-6H,1-4H2;1H. The summed E-state index contributed by atoms with van der Waals surface area (Å²) < 4.78 is 0. The highest BCUT2D eigenvalue weighted by Crippen LogP contribution is 1.65. The summed E-state index contributed by atoms with van der Waals surface area (Å²) >= 11 is 0. The van der Waals surface area contributed by atoms with Crippen LogP contribution in [0.4, 0.5) is 0 Å². The van der Waals surface area contributed by atoms with Gasteiger partial charge in [0.05, 0.1) is 0 Å². The Balaban J connectivity index is 0.000000360. The Hall–Kier alpha value is 0.210. The molecule has 2 nitrogen and oxygen atoms in total. The van der Waals surface area contributed by atoms with Crippen LogP contribution in [0.3, 0.4) is 0 Å². The summed E-state index contributed by atoms with van der Waals surface area (Å²) in [6.45, 7) is 4.56. The molecule has 0 aliphatic carbocycles. The lowest BCUT2D eigenvalue weighted by Crippen LogP contribution is -2.39. The van der Waals surface area contributed by atoms with Gasteiger partial charge in [0.2, 0.25) is 0 Å². The first-order valence-electron chi connectivity index (χ1n) is 2.41. The van der Waals surface area contributed by atoms with Crippen molar-refractivity contribution < 1.29 is 0 Å². The van der Waals surface area contributed by atoms with E-state index in [-0.39, 0.29) is 12.4 Å². The van der Waals surface area contributed by atoms with Gasteiger partial charge in [-0.05, 0) is 0 Å². The van der Waals surface area contributed by atoms with Crippen LogP contribution in [0.2, 0.25) is 0 Å². The second-order valence-corrected chi connectivity index (χ2v) is 1.50. The van der Waals surface area contributed by atoms with Crippen LogP contribution in [0.1, 0.15) is 0 Å². The van der Waals surface area contributed by atoms with Gasteiger partial charge >= 0.3 is 0 Å². The molecule has 0 spiro atoms. The van der Waals surface area contributed by atoms with Gasteiger partial charge < -0.3 is 10.6 Å². The van der Waals surface area contributed by atoms with Crippen LogP contribution >= 0.6 is 12.4 Å². The van der Waals surface area contributed by atoms with E-state index in [1.807, 2.05) is 0 Å². The van der Waals surface area contributed by atoms with Gasteiger partial charge in [0, 0.05) is 26.2 Å². The van der Waals surface area contributed by atoms with Crippen LogP contribution in [0.25, 0.3) is 0 Å². The van der Waals surface area contributed by atoms with E-state index < -0.39 is 0 Å². The molecule has 1 saturated heterocycles. The highest BCUT2D eigenvalue weighted by atomic mass is 35.5. The second kappa shape index (κ2) is 4.37. The molecule has 2 N–H and O–H groups in total. The van der Waals surface area contributed by atoms with E-state index in [1.165, 1.54) is 0 Å². The minimum Gasteiger partial charge on any atom is -0.314 e. The zero-order chi connectivity index (χ0) is 4.24. The van der Waals surface area contributed by atoms with Crippen molar-refractivity contribution in [2.75, 3.05) is 26.2 Å². The number of piperazine rings is 1. The Labute approximate surface area is 50.1 Å². The van der Waals surface area contributed by atoms with Gasteiger partial charge in [0.1, 0.15) is 0 Å². The number of hydrogen-bond acceptors (Lipinski definition) is 2. The third-order valence-electron chi connectivity index (χ3n) is 0.957. The molecule has 0 aromatic carbocycles. The summed E-state index contributed by atoms with van der Waals surface area (Å²) in [6.07, 6.45) is 0. The molecule has 44 valence electrons. The molecule has 1 aliphatic rings.